The fourth-order valence-corrected chi connectivity index (χ4v) is 9.41. The van der Waals surface area contributed by atoms with Crippen LogP contribution < -0.4 is 0 Å². The first-order valence-electron chi connectivity index (χ1n) is 33.1. The summed E-state index contributed by atoms with van der Waals surface area (Å²) in [5.41, 5.74) is 0. The average Bonchev–Trinajstić information content (AvgIpc) is 3.43. The molecule has 0 saturated heterocycles. The van der Waals surface area contributed by atoms with Crippen LogP contribution in [0.5, 0.6) is 0 Å². The minimum absolute atomic E-state index is 0.0829. The van der Waals surface area contributed by atoms with Gasteiger partial charge >= 0.3 is 17.9 Å². The van der Waals surface area contributed by atoms with Gasteiger partial charge in [-0.2, -0.15) is 0 Å². The Labute approximate surface area is 477 Å². The van der Waals surface area contributed by atoms with Crippen LogP contribution in [0, 0.1) is 0 Å². The van der Waals surface area contributed by atoms with Crippen LogP contribution in [0.2, 0.25) is 0 Å². The van der Waals surface area contributed by atoms with Crippen LogP contribution >= 0.6 is 0 Å². The predicted octanol–water partition coefficient (Wildman–Crippen LogP) is 22.7. The van der Waals surface area contributed by atoms with Gasteiger partial charge in [0.25, 0.3) is 0 Å². The van der Waals surface area contributed by atoms with E-state index in [4.69, 9.17) is 14.2 Å². The van der Waals surface area contributed by atoms with Gasteiger partial charge in [0, 0.05) is 19.3 Å². The lowest BCUT2D eigenvalue weighted by Crippen LogP contribution is -2.30. The van der Waals surface area contributed by atoms with Crippen molar-refractivity contribution in [3.63, 3.8) is 0 Å². The molecule has 0 aromatic rings. The monoisotopic (exact) mass is 1070 g/mol. The Morgan fingerprint density at radius 1 is 0.273 bits per heavy atom. The quantitative estimate of drug-likeness (QED) is 0.0261. The zero-order valence-corrected chi connectivity index (χ0v) is 51.0. The third-order valence-corrected chi connectivity index (χ3v) is 14.3. The summed E-state index contributed by atoms with van der Waals surface area (Å²) in [4.78, 5) is 38.3. The molecule has 0 aliphatic rings. The number of carbonyl (C=O) groups excluding carboxylic acids is 3. The van der Waals surface area contributed by atoms with Gasteiger partial charge < -0.3 is 14.2 Å². The molecule has 0 aliphatic carbocycles. The van der Waals surface area contributed by atoms with Crippen LogP contribution in [0.1, 0.15) is 329 Å². The molecule has 0 saturated carbocycles. The van der Waals surface area contributed by atoms with Crippen LogP contribution in [0.25, 0.3) is 0 Å². The van der Waals surface area contributed by atoms with Crippen LogP contribution in [0.15, 0.2) is 85.1 Å². The largest absolute Gasteiger partial charge is 0.462 e. The molecule has 0 spiro atoms. The first-order valence-corrected chi connectivity index (χ1v) is 33.1. The Morgan fingerprint density at radius 2 is 0.532 bits per heavy atom. The van der Waals surface area contributed by atoms with E-state index in [1.165, 1.54) is 167 Å². The minimum Gasteiger partial charge on any atom is -0.462 e. The SMILES string of the molecule is CC/C=C\C/C=C\C/C=C\C/C=C\CCCCCCCCCCC(=O)OC(COC(=O)CCCCCCC/C=C\C/C=C\CCC)COC(=O)CCCCCCCCCCCCCCC/C=C\CCCCCCCCCC. The molecule has 77 heavy (non-hydrogen) atoms. The molecule has 0 bridgehead atoms. The molecule has 0 heterocycles. The molecule has 0 aromatic heterocycles. The van der Waals surface area contributed by atoms with E-state index in [0.29, 0.717) is 19.3 Å². The van der Waals surface area contributed by atoms with Crippen molar-refractivity contribution in [2.75, 3.05) is 13.2 Å². The number of unbranched alkanes of at least 4 members (excludes halogenated alkanes) is 35. The molecule has 0 fully saturated rings. The van der Waals surface area contributed by atoms with Crippen LogP contribution in [-0.2, 0) is 28.6 Å². The third-order valence-electron chi connectivity index (χ3n) is 14.3. The van der Waals surface area contributed by atoms with E-state index in [2.05, 4.69) is 106 Å². The summed E-state index contributed by atoms with van der Waals surface area (Å²) in [6, 6.07) is 0. The molecule has 0 aromatic carbocycles. The van der Waals surface area contributed by atoms with Gasteiger partial charge in [0.05, 0.1) is 0 Å². The maximum Gasteiger partial charge on any atom is 0.306 e. The molecule has 0 amide bonds. The standard InChI is InChI=1S/C71H124O6/c1-4-7-10-13-16-19-22-25-27-29-31-33-34-35-36-38-39-41-43-46-49-52-55-58-61-64-70(73)76-67-68(66-75-69(72)63-60-57-54-51-48-45-24-21-18-15-12-9-6-3)77-71(74)65-62-59-56-53-50-47-44-42-40-37-32-30-28-26-23-20-17-14-11-8-5-2/h8,11-12,15,17,20-21,24,26,28-29,31-32,37,68H,4-7,9-10,13-14,16,18-19,22-23,25,27,30,33-36,38-67H2,1-3H3/b11-8-,15-12-,20-17-,24-21-,28-26-,31-29-,37-32-. The first kappa shape index (κ1) is 73.6. The molecule has 6 nitrogen and oxygen atoms in total. The van der Waals surface area contributed by atoms with E-state index < -0.39 is 6.10 Å². The number of rotatable bonds is 60. The highest BCUT2D eigenvalue weighted by Gasteiger charge is 2.19. The average molecular weight is 1070 g/mol. The second-order valence-corrected chi connectivity index (χ2v) is 22.0. The summed E-state index contributed by atoms with van der Waals surface area (Å²) in [5, 5.41) is 0. The number of esters is 3. The van der Waals surface area contributed by atoms with Crippen molar-refractivity contribution in [3.8, 4) is 0 Å². The zero-order chi connectivity index (χ0) is 55.7. The summed E-state index contributed by atoms with van der Waals surface area (Å²) < 4.78 is 16.9. The van der Waals surface area contributed by atoms with E-state index in [9.17, 15) is 14.4 Å². The molecule has 1 atom stereocenters. The van der Waals surface area contributed by atoms with E-state index in [1.54, 1.807) is 0 Å². The number of carbonyl (C=O) groups is 3. The molecule has 1 unspecified atom stereocenters. The Morgan fingerprint density at radius 3 is 0.857 bits per heavy atom. The van der Waals surface area contributed by atoms with Gasteiger partial charge in [-0.05, 0) is 109 Å². The predicted molar refractivity (Wildman–Crippen MR) is 334 cm³/mol. The van der Waals surface area contributed by atoms with Gasteiger partial charge in [-0.3, -0.25) is 14.4 Å². The highest BCUT2D eigenvalue weighted by Crippen LogP contribution is 2.17. The van der Waals surface area contributed by atoms with Crippen molar-refractivity contribution in [1.29, 1.82) is 0 Å². The lowest BCUT2D eigenvalue weighted by Gasteiger charge is -2.18. The second-order valence-electron chi connectivity index (χ2n) is 22.0. The lowest BCUT2D eigenvalue weighted by atomic mass is 10.0. The van der Waals surface area contributed by atoms with Gasteiger partial charge in [-0.15, -0.1) is 0 Å². The Bertz CT molecular complexity index is 1470. The molecule has 0 radical (unpaired) electrons. The summed E-state index contributed by atoms with van der Waals surface area (Å²) >= 11 is 0. The lowest BCUT2D eigenvalue weighted by molar-refractivity contribution is -0.167. The normalized spacial score (nSPS) is 12.6. The summed E-state index contributed by atoms with van der Waals surface area (Å²) in [6.07, 6.45) is 86.0. The fourth-order valence-electron chi connectivity index (χ4n) is 9.41. The van der Waals surface area contributed by atoms with Crippen LogP contribution in [0.4, 0.5) is 0 Å². The highest BCUT2D eigenvalue weighted by molar-refractivity contribution is 5.71. The van der Waals surface area contributed by atoms with Crippen molar-refractivity contribution in [2.45, 2.75) is 335 Å². The van der Waals surface area contributed by atoms with E-state index in [0.717, 1.165) is 122 Å². The fraction of sp³-hybridized carbons (Fsp3) is 0.761. The number of ether oxygens (including phenoxy) is 3. The molecule has 0 aliphatic heterocycles. The molecule has 6 heteroatoms. The Balaban J connectivity index is 4.30. The molecular formula is C71H124O6. The smallest absolute Gasteiger partial charge is 0.306 e. The van der Waals surface area contributed by atoms with E-state index in [-0.39, 0.29) is 31.1 Å². The second kappa shape index (κ2) is 65.1. The topological polar surface area (TPSA) is 78.9 Å². The van der Waals surface area contributed by atoms with Crippen LogP contribution in [0.3, 0.4) is 0 Å². The van der Waals surface area contributed by atoms with Gasteiger partial charge in [-0.25, -0.2) is 0 Å². The van der Waals surface area contributed by atoms with Gasteiger partial charge in [0.2, 0.25) is 0 Å². The highest BCUT2D eigenvalue weighted by atomic mass is 16.6. The molecular weight excluding hydrogens is 949 g/mol. The Kier molecular flexibility index (Phi) is 62.2. The number of allylic oxidation sites excluding steroid dienone is 14. The number of hydrogen-bond donors (Lipinski definition) is 0. The maximum atomic E-state index is 12.9. The van der Waals surface area contributed by atoms with Crippen molar-refractivity contribution in [3.05, 3.63) is 85.1 Å². The van der Waals surface area contributed by atoms with Crippen LogP contribution in [-0.4, -0.2) is 37.2 Å². The van der Waals surface area contributed by atoms with Crippen molar-refractivity contribution in [1.82, 2.24) is 0 Å². The summed E-state index contributed by atoms with van der Waals surface area (Å²) in [5.74, 6) is -0.893. The minimum atomic E-state index is -0.788. The maximum absolute atomic E-state index is 12.9. The molecule has 0 rings (SSSR count). The van der Waals surface area contributed by atoms with Gasteiger partial charge in [-0.1, -0.05) is 286 Å². The number of hydrogen-bond acceptors (Lipinski definition) is 6. The molecule has 0 N–H and O–H groups in total. The Hall–Kier alpha value is -3.41. The van der Waals surface area contributed by atoms with Crippen molar-refractivity contribution >= 4 is 17.9 Å². The molecule has 444 valence electrons. The first-order chi connectivity index (χ1) is 38.0. The van der Waals surface area contributed by atoms with Gasteiger partial charge in [0.1, 0.15) is 13.2 Å². The summed E-state index contributed by atoms with van der Waals surface area (Å²) in [7, 11) is 0. The van der Waals surface area contributed by atoms with Gasteiger partial charge in [0.15, 0.2) is 6.10 Å². The third kappa shape index (κ3) is 63.3. The van der Waals surface area contributed by atoms with Crippen molar-refractivity contribution < 1.29 is 28.6 Å². The van der Waals surface area contributed by atoms with E-state index >= 15 is 0 Å². The summed E-state index contributed by atoms with van der Waals surface area (Å²) in [6.45, 7) is 6.48. The van der Waals surface area contributed by atoms with E-state index in [1.807, 2.05) is 0 Å². The zero-order valence-electron chi connectivity index (χ0n) is 51.0. The van der Waals surface area contributed by atoms with Crippen molar-refractivity contribution in [2.24, 2.45) is 0 Å².